The number of carbonyl (C=O) groups is 2. The van der Waals surface area contributed by atoms with Crippen molar-refractivity contribution < 1.29 is 23.8 Å². The van der Waals surface area contributed by atoms with Crippen molar-refractivity contribution in [3.05, 3.63) is 71.5 Å². The lowest BCUT2D eigenvalue weighted by Gasteiger charge is -2.13. The molecule has 0 aromatic heterocycles. The van der Waals surface area contributed by atoms with E-state index >= 15 is 0 Å². The Morgan fingerprint density at radius 2 is 1.88 bits per heavy atom. The smallest absolute Gasteiger partial charge is 0.341 e. The molecule has 2 rings (SSSR count). The van der Waals surface area contributed by atoms with Crippen LogP contribution in [0.3, 0.4) is 0 Å². The molecule has 0 aliphatic carbocycles. The summed E-state index contributed by atoms with van der Waals surface area (Å²) in [7, 11) is 2.78. The van der Waals surface area contributed by atoms with E-state index in [9.17, 15) is 9.59 Å². The zero-order valence-electron chi connectivity index (χ0n) is 13.5. The summed E-state index contributed by atoms with van der Waals surface area (Å²) in [5, 5.41) is 0. The molecule has 24 heavy (non-hydrogen) atoms. The third-order valence-electron chi connectivity index (χ3n) is 3.34. The molecule has 0 heterocycles. The molecular formula is C19H18O5. The van der Waals surface area contributed by atoms with Crippen LogP contribution in [0, 0.1) is 0 Å². The average molecular weight is 326 g/mol. The number of methoxy groups -OCH3 is 2. The first-order valence-electron chi connectivity index (χ1n) is 7.27. The maximum absolute atomic E-state index is 12.0. The molecule has 0 fully saturated rings. The highest BCUT2D eigenvalue weighted by molar-refractivity contribution is 6.16. The Kier molecular flexibility index (Phi) is 6.14. The van der Waals surface area contributed by atoms with Gasteiger partial charge in [0.1, 0.15) is 24.2 Å². The molecule has 5 heteroatoms. The van der Waals surface area contributed by atoms with Crippen LogP contribution in [0.4, 0.5) is 0 Å². The molecule has 0 saturated carbocycles. The van der Waals surface area contributed by atoms with Crippen molar-refractivity contribution in [3.63, 3.8) is 0 Å². The standard InChI is InChI=1S/C19H18O5/c1-22-13-18(19(21)23-2)17-9-4-3-7-15(17)12-24-16-8-5-6-14(10-16)11-20/h3-11,13H,12H2,1-2H3. The van der Waals surface area contributed by atoms with Gasteiger partial charge in [0.25, 0.3) is 0 Å². The van der Waals surface area contributed by atoms with Gasteiger partial charge in [-0.25, -0.2) is 4.79 Å². The first-order valence-corrected chi connectivity index (χ1v) is 7.27. The molecule has 0 amide bonds. The van der Waals surface area contributed by atoms with Crippen LogP contribution in [0.1, 0.15) is 21.5 Å². The highest BCUT2D eigenvalue weighted by Gasteiger charge is 2.16. The van der Waals surface area contributed by atoms with E-state index in [0.29, 0.717) is 22.4 Å². The molecule has 0 spiro atoms. The second-order valence-electron chi connectivity index (χ2n) is 4.89. The first-order chi connectivity index (χ1) is 11.7. The van der Waals surface area contributed by atoms with Gasteiger partial charge in [0.15, 0.2) is 0 Å². The fourth-order valence-corrected chi connectivity index (χ4v) is 2.20. The number of benzene rings is 2. The highest BCUT2D eigenvalue weighted by Crippen LogP contribution is 2.23. The number of carbonyl (C=O) groups excluding carboxylic acids is 2. The lowest BCUT2D eigenvalue weighted by molar-refractivity contribution is -0.133. The van der Waals surface area contributed by atoms with Gasteiger partial charge in [0, 0.05) is 5.56 Å². The van der Waals surface area contributed by atoms with Gasteiger partial charge in [0.2, 0.25) is 0 Å². The molecule has 2 aromatic carbocycles. The van der Waals surface area contributed by atoms with Gasteiger partial charge in [-0.05, 0) is 23.3 Å². The molecule has 2 aromatic rings. The molecule has 0 bridgehead atoms. The minimum absolute atomic E-state index is 0.233. The van der Waals surface area contributed by atoms with Crippen molar-refractivity contribution in [1.82, 2.24) is 0 Å². The number of ether oxygens (including phenoxy) is 3. The van der Waals surface area contributed by atoms with Crippen LogP contribution in [0.15, 0.2) is 54.8 Å². The normalized spacial score (nSPS) is 10.8. The zero-order chi connectivity index (χ0) is 17.4. The molecule has 0 saturated heterocycles. The summed E-state index contributed by atoms with van der Waals surface area (Å²) in [5.41, 5.74) is 2.30. The third-order valence-corrected chi connectivity index (χ3v) is 3.34. The van der Waals surface area contributed by atoms with Crippen LogP contribution in [0.5, 0.6) is 5.75 Å². The molecule has 0 N–H and O–H groups in total. The summed E-state index contributed by atoms with van der Waals surface area (Å²) in [6, 6.07) is 14.2. The minimum Gasteiger partial charge on any atom is -0.503 e. The van der Waals surface area contributed by atoms with Gasteiger partial charge in [-0.15, -0.1) is 0 Å². The predicted molar refractivity (Wildman–Crippen MR) is 89.6 cm³/mol. The number of rotatable bonds is 7. The molecule has 5 nitrogen and oxygen atoms in total. The Labute approximate surface area is 140 Å². The summed E-state index contributed by atoms with van der Waals surface area (Å²) in [5.74, 6) is 0.0806. The third kappa shape index (κ3) is 4.23. The summed E-state index contributed by atoms with van der Waals surface area (Å²) in [4.78, 5) is 22.8. The van der Waals surface area contributed by atoms with E-state index in [2.05, 4.69) is 0 Å². The number of esters is 1. The van der Waals surface area contributed by atoms with E-state index in [1.165, 1.54) is 20.5 Å². The van der Waals surface area contributed by atoms with E-state index in [4.69, 9.17) is 14.2 Å². The Morgan fingerprint density at radius 3 is 2.58 bits per heavy atom. The van der Waals surface area contributed by atoms with Gasteiger partial charge in [-0.2, -0.15) is 0 Å². The van der Waals surface area contributed by atoms with E-state index in [0.717, 1.165) is 11.8 Å². The summed E-state index contributed by atoms with van der Waals surface area (Å²) >= 11 is 0. The van der Waals surface area contributed by atoms with Crippen LogP contribution in [0.2, 0.25) is 0 Å². The fraction of sp³-hybridized carbons (Fsp3) is 0.158. The van der Waals surface area contributed by atoms with Gasteiger partial charge in [-0.3, -0.25) is 4.79 Å². The molecule has 0 radical (unpaired) electrons. The summed E-state index contributed by atoms with van der Waals surface area (Å²) in [6.45, 7) is 0.233. The summed E-state index contributed by atoms with van der Waals surface area (Å²) < 4.78 is 15.5. The first kappa shape index (κ1) is 17.3. The van der Waals surface area contributed by atoms with Gasteiger partial charge in [0.05, 0.1) is 20.5 Å². The molecule has 0 aliphatic rings. The number of hydrogen-bond acceptors (Lipinski definition) is 5. The largest absolute Gasteiger partial charge is 0.503 e. The second-order valence-corrected chi connectivity index (χ2v) is 4.89. The molecular weight excluding hydrogens is 308 g/mol. The summed E-state index contributed by atoms with van der Waals surface area (Å²) in [6.07, 6.45) is 2.11. The van der Waals surface area contributed by atoms with Gasteiger partial charge in [-0.1, -0.05) is 36.4 Å². The van der Waals surface area contributed by atoms with E-state index in [1.54, 1.807) is 30.3 Å². The van der Waals surface area contributed by atoms with Gasteiger partial charge >= 0.3 is 5.97 Å². The number of hydrogen-bond donors (Lipinski definition) is 0. The van der Waals surface area contributed by atoms with Crippen molar-refractivity contribution in [2.75, 3.05) is 14.2 Å². The van der Waals surface area contributed by atoms with Crippen LogP contribution < -0.4 is 4.74 Å². The van der Waals surface area contributed by atoms with Crippen molar-refractivity contribution in [2.45, 2.75) is 6.61 Å². The lowest BCUT2D eigenvalue weighted by atomic mass is 10.0. The Morgan fingerprint density at radius 1 is 1.08 bits per heavy atom. The lowest BCUT2D eigenvalue weighted by Crippen LogP contribution is -2.08. The van der Waals surface area contributed by atoms with Crippen molar-refractivity contribution in [1.29, 1.82) is 0 Å². The van der Waals surface area contributed by atoms with Gasteiger partial charge < -0.3 is 14.2 Å². The average Bonchev–Trinajstić information content (AvgIpc) is 2.64. The Bertz CT molecular complexity index is 749. The molecule has 0 atom stereocenters. The van der Waals surface area contributed by atoms with Crippen molar-refractivity contribution in [3.8, 4) is 5.75 Å². The van der Waals surface area contributed by atoms with E-state index < -0.39 is 5.97 Å². The highest BCUT2D eigenvalue weighted by atomic mass is 16.5. The monoisotopic (exact) mass is 326 g/mol. The van der Waals surface area contributed by atoms with Crippen molar-refractivity contribution in [2.24, 2.45) is 0 Å². The SMILES string of the molecule is COC=C(C(=O)OC)c1ccccc1COc1cccc(C=O)c1. The quantitative estimate of drug-likeness (QED) is 0.338. The molecule has 124 valence electrons. The van der Waals surface area contributed by atoms with Crippen LogP contribution in [-0.4, -0.2) is 26.5 Å². The number of aldehydes is 1. The van der Waals surface area contributed by atoms with E-state index in [-0.39, 0.29) is 6.61 Å². The Balaban J connectivity index is 2.26. The maximum Gasteiger partial charge on any atom is 0.341 e. The topological polar surface area (TPSA) is 61.8 Å². The predicted octanol–water partition coefficient (Wildman–Crippen LogP) is 3.24. The molecule has 0 aliphatic heterocycles. The van der Waals surface area contributed by atoms with Crippen molar-refractivity contribution >= 4 is 17.8 Å². The Hall–Kier alpha value is -3.08. The molecule has 0 unspecified atom stereocenters. The van der Waals surface area contributed by atoms with E-state index in [1.807, 2.05) is 18.2 Å². The minimum atomic E-state index is -0.493. The second kappa shape index (κ2) is 8.53. The maximum atomic E-state index is 12.0. The fourth-order valence-electron chi connectivity index (χ4n) is 2.20. The van der Waals surface area contributed by atoms with Crippen LogP contribution in [0.25, 0.3) is 5.57 Å². The van der Waals surface area contributed by atoms with Crippen LogP contribution in [-0.2, 0) is 20.9 Å². The van der Waals surface area contributed by atoms with Crippen LogP contribution >= 0.6 is 0 Å². The zero-order valence-corrected chi connectivity index (χ0v) is 13.5.